The maximum atomic E-state index is 12.1. The maximum absolute atomic E-state index is 12.1. The molecule has 128 valence electrons. The first-order chi connectivity index (χ1) is 10.8. The number of aliphatic hydroxyl groups excluding tert-OH is 1. The van der Waals surface area contributed by atoms with Gasteiger partial charge in [-0.2, -0.15) is 0 Å². The van der Waals surface area contributed by atoms with Gasteiger partial charge in [-0.05, 0) is 33.1 Å². The Labute approximate surface area is 134 Å². The summed E-state index contributed by atoms with van der Waals surface area (Å²) in [4.78, 5) is 34.6. The summed E-state index contributed by atoms with van der Waals surface area (Å²) in [6.45, 7) is 3.26. The molecule has 1 aliphatic heterocycles. The summed E-state index contributed by atoms with van der Waals surface area (Å²) in [7, 11) is 0. The van der Waals surface area contributed by atoms with E-state index in [0.29, 0.717) is 18.4 Å². The summed E-state index contributed by atoms with van der Waals surface area (Å²) in [5.74, 6) is -1.84. The van der Waals surface area contributed by atoms with Gasteiger partial charge in [0.1, 0.15) is 12.1 Å². The molecule has 1 heterocycles. The van der Waals surface area contributed by atoms with Crippen molar-refractivity contribution in [2.75, 3.05) is 0 Å². The van der Waals surface area contributed by atoms with Crippen LogP contribution in [0, 0.1) is 5.92 Å². The molecule has 1 amide bonds. The molecule has 23 heavy (non-hydrogen) atoms. The van der Waals surface area contributed by atoms with E-state index in [1.165, 1.54) is 6.92 Å². The first kappa shape index (κ1) is 17.5. The van der Waals surface area contributed by atoms with E-state index in [2.05, 4.69) is 5.32 Å². The summed E-state index contributed by atoms with van der Waals surface area (Å²) in [5, 5.41) is 20.8. The lowest BCUT2D eigenvalue weighted by molar-refractivity contribution is -0.153. The number of hydrogen-bond donors (Lipinski definition) is 3. The minimum atomic E-state index is -1.10. The minimum absolute atomic E-state index is 0.0411. The van der Waals surface area contributed by atoms with Gasteiger partial charge in [-0.25, -0.2) is 4.79 Å². The average molecular weight is 325 g/mol. The normalized spacial score (nSPS) is 28.7. The number of carboxylic acid groups (broad SMARTS) is 1. The summed E-state index contributed by atoms with van der Waals surface area (Å²) < 4.78 is 5.41. The van der Waals surface area contributed by atoms with Crippen LogP contribution in [0.15, 0.2) is 11.1 Å². The zero-order valence-corrected chi connectivity index (χ0v) is 13.4. The molecule has 2 rings (SSSR count). The Bertz CT molecular complexity index is 541. The van der Waals surface area contributed by atoms with Gasteiger partial charge in [0.25, 0.3) is 0 Å². The summed E-state index contributed by atoms with van der Waals surface area (Å²) in [6, 6.07) is -0.958. The van der Waals surface area contributed by atoms with Crippen molar-refractivity contribution < 1.29 is 29.3 Å². The highest BCUT2D eigenvalue weighted by Gasteiger charge is 2.39. The Morgan fingerprint density at radius 2 is 2.09 bits per heavy atom. The monoisotopic (exact) mass is 325 g/mol. The second kappa shape index (κ2) is 7.12. The van der Waals surface area contributed by atoms with Gasteiger partial charge in [-0.1, -0.05) is 5.57 Å². The highest BCUT2D eigenvalue weighted by atomic mass is 16.5. The van der Waals surface area contributed by atoms with E-state index in [9.17, 15) is 19.5 Å². The molecule has 0 radical (unpaired) electrons. The third-order valence-corrected chi connectivity index (χ3v) is 4.65. The van der Waals surface area contributed by atoms with Gasteiger partial charge in [-0.15, -0.1) is 0 Å². The first-order valence-electron chi connectivity index (χ1n) is 7.90. The molecule has 3 N–H and O–H groups in total. The SMILES string of the molecule is CC1=C(CCC(=O)NC(C)C(=O)O)C(=O)OC2CC(O)CCC12. The predicted octanol–water partition coefficient (Wildman–Crippen LogP) is 0.759. The van der Waals surface area contributed by atoms with Crippen LogP contribution in [0.5, 0.6) is 0 Å². The zero-order chi connectivity index (χ0) is 17.1. The number of rotatable bonds is 5. The Morgan fingerprint density at radius 1 is 1.39 bits per heavy atom. The van der Waals surface area contributed by atoms with Crippen LogP contribution in [0.3, 0.4) is 0 Å². The van der Waals surface area contributed by atoms with Crippen LogP contribution >= 0.6 is 0 Å². The van der Waals surface area contributed by atoms with Gasteiger partial charge in [0.15, 0.2) is 0 Å². The van der Waals surface area contributed by atoms with Gasteiger partial charge in [0.2, 0.25) is 5.91 Å². The Hall–Kier alpha value is -1.89. The van der Waals surface area contributed by atoms with Crippen molar-refractivity contribution in [2.45, 2.75) is 64.2 Å². The Balaban J connectivity index is 1.98. The molecule has 2 aliphatic rings. The molecule has 1 aliphatic carbocycles. The molecule has 0 aromatic rings. The van der Waals surface area contributed by atoms with E-state index in [-0.39, 0.29) is 24.9 Å². The van der Waals surface area contributed by atoms with E-state index >= 15 is 0 Å². The van der Waals surface area contributed by atoms with Crippen molar-refractivity contribution in [1.82, 2.24) is 5.32 Å². The fraction of sp³-hybridized carbons (Fsp3) is 0.688. The molecule has 1 saturated carbocycles. The lowest BCUT2D eigenvalue weighted by Gasteiger charge is -2.38. The van der Waals surface area contributed by atoms with E-state index in [4.69, 9.17) is 9.84 Å². The highest BCUT2D eigenvalue weighted by molar-refractivity contribution is 5.92. The molecule has 7 heteroatoms. The topological polar surface area (TPSA) is 113 Å². The van der Waals surface area contributed by atoms with Gasteiger partial charge in [-0.3, -0.25) is 9.59 Å². The number of nitrogens with one attached hydrogen (secondary N) is 1. The van der Waals surface area contributed by atoms with Crippen molar-refractivity contribution >= 4 is 17.8 Å². The number of carbonyl (C=O) groups excluding carboxylic acids is 2. The number of ether oxygens (including phenoxy) is 1. The van der Waals surface area contributed by atoms with Gasteiger partial charge in [0.05, 0.1) is 6.10 Å². The number of aliphatic carboxylic acids is 1. The minimum Gasteiger partial charge on any atom is -0.480 e. The fourth-order valence-electron chi connectivity index (χ4n) is 3.24. The van der Waals surface area contributed by atoms with Crippen LogP contribution in [0.25, 0.3) is 0 Å². The molecule has 0 aromatic heterocycles. The number of carboxylic acids is 1. The van der Waals surface area contributed by atoms with Gasteiger partial charge < -0.3 is 20.3 Å². The lowest BCUT2D eigenvalue weighted by Crippen LogP contribution is -2.41. The second-order valence-corrected chi connectivity index (χ2v) is 6.31. The smallest absolute Gasteiger partial charge is 0.334 e. The van der Waals surface area contributed by atoms with Crippen molar-refractivity contribution in [3.63, 3.8) is 0 Å². The van der Waals surface area contributed by atoms with Gasteiger partial charge >= 0.3 is 11.9 Å². The van der Waals surface area contributed by atoms with E-state index in [1.807, 2.05) is 6.92 Å². The Morgan fingerprint density at radius 3 is 2.74 bits per heavy atom. The summed E-state index contributed by atoms with van der Waals surface area (Å²) in [5.41, 5.74) is 1.43. The largest absolute Gasteiger partial charge is 0.480 e. The molecule has 1 fully saturated rings. The average Bonchev–Trinajstić information content (AvgIpc) is 2.46. The number of amides is 1. The molecule has 0 bridgehead atoms. The highest BCUT2D eigenvalue weighted by Crippen LogP contribution is 2.38. The van der Waals surface area contributed by atoms with Crippen molar-refractivity contribution in [3.05, 3.63) is 11.1 Å². The third-order valence-electron chi connectivity index (χ3n) is 4.65. The zero-order valence-electron chi connectivity index (χ0n) is 13.4. The molecule has 4 unspecified atom stereocenters. The van der Waals surface area contributed by atoms with E-state index < -0.39 is 30.0 Å². The molecule has 0 aromatic carbocycles. The quantitative estimate of drug-likeness (QED) is 0.643. The molecular weight excluding hydrogens is 302 g/mol. The van der Waals surface area contributed by atoms with E-state index in [0.717, 1.165) is 12.0 Å². The van der Waals surface area contributed by atoms with Crippen LogP contribution in [0.2, 0.25) is 0 Å². The van der Waals surface area contributed by atoms with Crippen LogP contribution in [0.4, 0.5) is 0 Å². The molecule has 7 nitrogen and oxygen atoms in total. The van der Waals surface area contributed by atoms with Crippen LogP contribution in [-0.2, 0) is 19.1 Å². The molecular formula is C16H23NO6. The number of esters is 1. The standard InChI is InChI=1S/C16H23NO6/c1-8-11-4-3-10(18)7-13(11)23-16(22)12(8)5-6-14(19)17-9(2)15(20)21/h9-11,13,18H,3-7H2,1-2H3,(H,17,19)(H,20,21). The lowest BCUT2D eigenvalue weighted by atomic mass is 9.77. The molecule has 0 spiro atoms. The number of hydrogen-bond acceptors (Lipinski definition) is 5. The predicted molar refractivity (Wildman–Crippen MR) is 80.4 cm³/mol. The summed E-state index contributed by atoms with van der Waals surface area (Å²) >= 11 is 0. The van der Waals surface area contributed by atoms with Crippen LogP contribution in [-0.4, -0.2) is 46.3 Å². The fourth-order valence-corrected chi connectivity index (χ4v) is 3.24. The van der Waals surface area contributed by atoms with Crippen LogP contribution in [0.1, 0.15) is 46.0 Å². The third kappa shape index (κ3) is 4.10. The molecule has 4 atom stereocenters. The van der Waals surface area contributed by atoms with Crippen LogP contribution < -0.4 is 5.32 Å². The van der Waals surface area contributed by atoms with Gasteiger partial charge in [0, 0.05) is 24.3 Å². The van der Waals surface area contributed by atoms with E-state index in [1.54, 1.807) is 0 Å². The number of fused-ring (bicyclic) bond motifs is 1. The maximum Gasteiger partial charge on any atom is 0.334 e. The first-order valence-corrected chi connectivity index (χ1v) is 7.90. The number of aliphatic hydroxyl groups is 1. The number of carbonyl (C=O) groups is 3. The van der Waals surface area contributed by atoms with Crippen molar-refractivity contribution in [1.29, 1.82) is 0 Å². The van der Waals surface area contributed by atoms with Crippen molar-refractivity contribution in [2.24, 2.45) is 5.92 Å². The molecule has 0 saturated heterocycles. The Kier molecular flexibility index (Phi) is 5.41. The summed E-state index contributed by atoms with van der Waals surface area (Å²) in [6.07, 6.45) is 1.46. The second-order valence-electron chi connectivity index (χ2n) is 6.31. The van der Waals surface area contributed by atoms with Crippen molar-refractivity contribution in [3.8, 4) is 0 Å².